The zero-order chi connectivity index (χ0) is 29.2. The van der Waals surface area contributed by atoms with Gasteiger partial charge in [0.2, 0.25) is 5.91 Å². The average molecular weight is 570 g/mol. The number of aryl methyl sites for hydroxylation is 1. The summed E-state index contributed by atoms with van der Waals surface area (Å²) in [6.07, 6.45) is 10.4. The van der Waals surface area contributed by atoms with Crippen molar-refractivity contribution in [3.63, 3.8) is 0 Å². The molecule has 218 valence electrons. The number of amides is 1. The first-order chi connectivity index (χ1) is 19.4. The lowest BCUT2D eigenvalue weighted by Crippen LogP contribution is -2.17. The molecule has 0 saturated heterocycles. The van der Waals surface area contributed by atoms with Gasteiger partial charge < -0.3 is 14.8 Å². The summed E-state index contributed by atoms with van der Waals surface area (Å²) < 4.78 is 9.26. The fourth-order valence-electron chi connectivity index (χ4n) is 4.30. The van der Waals surface area contributed by atoms with Crippen molar-refractivity contribution in [2.45, 2.75) is 94.1 Å². The summed E-state index contributed by atoms with van der Waals surface area (Å²) in [5.41, 5.74) is 2.69. The number of ether oxygens (including phenoxy) is 2. The highest BCUT2D eigenvalue weighted by molar-refractivity contribution is 8.00. The molecule has 2 aromatic carbocycles. The van der Waals surface area contributed by atoms with Crippen molar-refractivity contribution >= 4 is 41.1 Å². The molecule has 0 spiro atoms. The molecule has 2 rings (SSSR count). The number of unbranched alkanes of at least 4 members (excludes halogenated alkanes) is 6. The number of ketones is 1. The van der Waals surface area contributed by atoms with E-state index in [9.17, 15) is 19.2 Å². The van der Waals surface area contributed by atoms with Crippen LogP contribution in [0.25, 0.3) is 0 Å². The van der Waals surface area contributed by atoms with Gasteiger partial charge in [-0.2, -0.15) is 0 Å². The summed E-state index contributed by atoms with van der Waals surface area (Å²) >= 11 is 1.40. The van der Waals surface area contributed by atoms with Gasteiger partial charge in [-0.1, -0.05) is 75.8 Å². The van der Waals surface area contributed by atoms with Crippen LogP contribution in [-0.4, -0.2) is 37.8 Å². The van der Waals surface area contributed by atoms with Crippen molar-refractivity contribution in [3.8, 4) is 0 Å². The van der Waals surface area contributed by atoms with E-state index in [1.54, 1.807) is 18.2 Å². The largest absolute Gasteiger partial charge is 0.469 e. The van der Waals surface area contributed by atoms with Gasteiger partial charge in [0.25, 0.3) is 0 Å². The van der Waals surface area contributed by atoms with Crippen LogP contribution in [0.3, 0.4) is 0 Å². The van der Waals surface area contributed by atoms with Gasteiger partial charge in [-0.15, -0.1) is 11.8 Å². The van der Waals surface area contributed by atoms with E-state index in [-0.39, 0.29) is 31.0 Å². The van der Waals surface area contributed by atoms with E-state index >= 15 is 0 Å². The zero-order valence-electron chi connectivity index (χ0n) is 24.0. The first-order valence-corrected chi connectivity index (χ1v) is 15.1. The van der Waals surface area contributed by atoms with Gasteiger partial charge in [-0.25, -0.2) is 0 Å². The highest BCUT2D eigenvalue weighted by Gasteiger charge is 2.22. The highest BCUT2D eigenvalue weighted by atomic mass is 32.2. The third kappa shape index (κ3) is 12.8. The number of benzene rings is 2. The van der Waals surface area contributed by atoms with Gasteiger partial charge >= 0.3 is 11.9 Å². The van der Waals surface area contributed by atoms with Crippen LogP contribution in [0.4, 0.5) is 5.69 Å². The fraction of sp³-hybridized carbons (Fsp3) is 0.500. The molecular weight excluding hydrogens is 526 g/mol. The number of thioether (sulfide) groups is 1. The Hall–Kier alpha value is -3.13. The Morgan fingerprint density at radius 1 is 0.800 bits per heavy atom. The molecule has 7 nitrogen and oxygen atoms in total. The van der Waals surface area contributed by atoms with Crippen LogP contribution in [0.5, 0.6) is 0 Å². The molecule has 0 aliphatic heterocycles. The Labute approximate surface area is 242 Å². The lowest BCUT2D eigenvalue weighted by atomic mass is 10.00. The molecule has 0 aliphatic rings. The van der Waals surface area contributed by atoms with E-state index in [0.717, 1.165) is 23.3 Å². The molecular formula is C32H43NO6S. The quantitative estimate of drug-likeness (QED) is 0.0825. The number of rotatable bonds is 19. The van der Waals surface area contributed by atoms with Crippen molar-refractivity contribution in [1.29, 1.82) is 0 Å². The molecule has 0 fully saturated rings. The van der Waals surface area contributed by atoms with Crippen molar-refractivity contribution in [1.82, 2.24) is 0 Å². The fourth-order valence-corrected chi connectivity index (χ4v) is 5.46. The number of Topliss-reactive ketones (excluding diaryl/α,β-unsaturated/α-hetero) is 1. The lowest BCUT2D eigenvalue weighted by Gasteiger charge is -2.17. The molecule has 0 heterocycles. The van der Waals surface area contributed by atoms with E-state index in [1.165, 1.54) is 70.1 Å². The topological polar surface area (TPSA) is 98.8 Å². The second-order valence-corrected chi connectivity index (χ2v) is 11.0. The number of anilines is 1. The first kappa shape index (κ1) is 33.1. The van der Waals surface area contributed by atoms with Gasteiger partial charge in [0.1, 0.15) is 6.42 Å². The summed E-state index contributed by atoms with van der Waals surface area (Å²) in [6.45, 7) is 2.23. The van der Waals surface area contributed by atoms with Crippen molar-refractivity contribution < 1.29 is 28.7 Å². The number of esters is 2. The first-order valence-electron chi connectivity index (χ1n) is 14.2. The Morgan fingerprint density at radius 2 is 1.48 bits per heavy atom. The van der Waals surface area contributed by atoms with E-state index in [2.05, 4.69) is 29.1 Å². The van der Waals surface area contributed by atoms with E-state index < -0.39 is 17.1 Å². The molecule has 0 bridgehead atoms. The maximum Gasteiger partial charge on any atom is 0.315 e. The Morgan fingerprint density at radius 3 is 2.15 bits per heavy atom. The minimum absolute atomic E-state index is 0.0221. The third-order valence-electron chi connectivity index (χ3n) is 6.58. The van der Waals surface area contributed by atoms with Crippen LogP contribution in [0.15, 0.2) is 53.4 Å². The van der Waals surface area contributed by atoms with Gasteiger partial charge in [0.05, 0.1) is 19.5 Å². The van der Waals surface area contributed by atoms with Crippen molar-refractivity contribution in [2.75, 3.05) is 19.5 Å². The summed E-state index contributed by atoms with van der Waals surface area (Å²) in [4.78, 5) is 49.2. The Balaban J connectivity index is 2.08. The number of carbonyl (C=O) groups is 4. The summed E-state index contributed by atoms with van der Waals surface area (Å²) in [7, 11) is 2.57. The van der Waals surface area contributed by atoms with Gasteiger partial charge in [-0.3, -0.25) is 19.2 Å². The average Bonchev–Trinajstić information content (AvgIpc) is 2.95. The zero-order valence-corrected chi connectivity index (χ0v) is 24.9. The molecule has 1 amide bonds. The molecule has 1 N–H and O–H groups in total. The maximum absolute atomic E-state index is 13.3. The normalized spacial score (nSPS) is 11.5. The molecule has 0 saturated carbocycles. The molecule has 1 atom stereocenters. The summed E-state index contributed by atoms with van der Waals surface area (Å²) in [5.74, 6) is -1.40. The molecule has 0 aromatic heterocycles. The van der Waals surface area contributed by atoms with Crippen LogP contribution in [0.2, 0.25) is 0 Å². The monoisotopic (exact) mass is 569 g/mol. The van der Waals surface area contributed by atoms with E-state index in [0.29, 0.717) is 12.1 Å². The lowest BCUT2D eigenvalue weighted by molar-refractivity contribution is -0.143. The van der Waals surface area contributed by atoms with Gasteiger partial charge in [0, 0.05) is 23.4 Å². The molecule has 0 aliphatic carbocycles. The second-order valence-electron chi connectivity index (χ2n) is 9.84. The predicted octanol–water partition coefficient (Wildman–Crippen LogP) is 7.23. The number of hydrogen-bond donors (Lipinski definition) is 1. The van der Waals surface area contributed by atoms with Gasteiger partial charge in [0.15, 0.2) is 5.78 Å². The van der Waals surface area contributed by atoms with Crippen LogP contribution >= 0.6 is 11.8 Å². The minimum Gasteiger partial charge on any atom is -0.469 e. The number of hydrogen-bond acceptors (Lipinski definition) is 7. The van der Waals surface area contributed by atoms with Crippen molar-refractivity contribution in [3.05, 3.63) is 59.7 Å². The smallest absolute Gasteiger partial charge is 0.315 e. The van der Waals surface area contributed by atoms with Crippen LogP contribution in [0.1, 0.15) is 93.9 Å². The number of methoxy groups -OCH3 is 2. The second kappa shape index (κ2) is 19.0. The number of nitrogens with one attached hydrogen (secondary N) is 1. The Bertz CT molecular complexity index is 1090. The molecule has 1 unspecified atom stereocenters. The molecule has 0 radical (unpaired) electrons. The van der Waals surface area contributed by atoms with Gasteiger partial charge in [-0.05, 0) is 48.6 Å². The SMILES string of the molecule is CCCCCCCCCc1ccc(C(Sc2cccc(NC(=O)CC(=O)OC)c2)C(=O)CCCC(=O)OC)cc1. The number of carbonyl (C=O) groups excluding carboxylic acids is 4. The minimum atomic E-state index is -0.615. The van der Waals surface area contributed by atoms with E-state index in [4.69, 9.17) is 4.74 Å². The van der Waals surface area contributed by atoms with E-state index in [1.807, 2.05) is 18.2 Å². The van der Waals surface area contributed by atoms with Crippen LogP contribution in [0, 0.1) is 0 Å². The standard InChI is InChI=1S/C32H43NO6S/c1-4-5-6-7-8-9-10-13-24-18-20-25(21-19-24)32(28(34)16-12-17-30(36)38-2)40-27-15-11-14-26(22-27)33-29(35)23-31(37)39-3/h11,14-15,18-22,32H,4-10,12-13,16-17,23H2,1-3H3,(H,33,35). The summed E-state index contributed by atoms with van der Waals surface area (Å²) in [5, 5.41) is 2.23. The van der Waals surface area contributed by atoms with Crippen LogP contribution < -0.4 is 5.32 Å². The predicted molar refractivity (Wildman–Crippen MR) is 159 cm³/mol. The molecule has 8 heteroatoms. The van der Waals surface area contributed by atoms with Crippen LogP contribution in [-0.2, 0) is 35.1 Å². The molecule has 2 aromatic rings. The van der Waals surface area contributed by atoms with Crippen molar-refractivity contribution in [2.24, 2.45) is 0 Å². The maximum atomic E-state index is 13.3. The third-order valence-corrected chi connectivity index (χ3v) is 7.88. The highest BCUT2D eigenvalue weighted by Crippen LogP contribution is 2.38. The summed E-state index contributed by atoms with van der Waals surface area (Å²) in [6, 6.07) is 15.4. The Kier molecular flexibility index (Phi) is 15.7. The molecule has 40 heavy (non-hydrogen) atoms.